The van der Waals surface area contributed by atoms with Crippen molar-refractivity contribution < 1.29 is 9.52 Å². The van der Waals surface area contributed by atoms with Crippen LogP contribution in [0.15, 0.2) is 16.7 Å². The molecule has 1 unspecified atom stereocenters. The quantitative estimate of drug-likeness (QED) is 0.826. The number of rotatable bonds is 3. The highest BCUT2D eigenvalue weighted by Gasteiger charge is 2.22. The number of hydrogen-bond donors (Lipinski definition) is 1. The Bertz CT molecular complexity index is 308. The molecule has 3 heteroatoms. The van der Waals surface area contributed by atoms with E-state index in [0.29, 0.717) is 6.04 Å². The molecule has 0 aliphatic carbocycles. The molecule has 1 N–H and O–H groups in total. The van der Waals surface area contributed by atoms with Crippen LogP contribution in [0.4, 0.5) is 0 Å². The van der Waals surface area contributed by atoms with Crippen LogP contribution in [0.3, 0.4) is 0 Å². The van der Waals surface area contributed by atoms with Crippen LogP contribution in [0.2, 0.25) is 0 Å². The van der Waals surface area contributed by atoms with E-state index in [0.717, 1.165) is 25.3 Å². The molecule has 1 aliphatic rings. The van der Waals surface area contributed by atoms with Gasteiger partial charge in [0.2, 0.25) is 0 Å². The lowest BCUT2D eigenvalue weighted by Gasteiger charge is -2.33. The summed E-state index contributed by atoms with van der Waals surface area (Å²) < 4.78 is 5.44. The summed E-state index contributed by atoms with van der Waals surface area (Å²) >= 11 is 0. The number of furan rings is 1. The van der Waals surface area contributed by atoms with Crippen molar-refractivity contribution in [2.45, 2.75) is 38.8 Å². The fraction of sp³-hybridized carbons (Fsp3) is 0.667. The molecule has 1 atom stereocenters. The summed E-state index contributed by atoms with van der Waals surface area (Å²) in [6.07, 6.45) is 5.31. The number of nitrogens with zero attached hydrogens (tertiary/aromatic N) is 1. The molecule has 0 bridgehead atoms. The maximum absolute atomic E-state index is 9.29. The highest BCUT2D eigenvalue weighted by Crippen LogP contribution is 2.20. The first-order valence-corrected chi connectivity index (χ1v) is 5.69. The fourth-order valence-electron chi connectivity index (χ4n) is 2.23. The third-order valence-electron chi connectivity index (χ3n) is 3.27. The third kappa shape index (κ3) is 2.41. The molecule has 0 radical (unpaired) electrons. The Labute approximate surface area is 90.7 Å². The van der Waals surface area contributed by atoms with Gasteiger partial charge in [-0.2, -0.15) is 0 Å². The first-order valence-electron chi connectivity index (χ1n) is 5.69. The molecule has 84 valence electrons. The summed E-state index contributed by atoms with van der Waals surface area (Å²) in [4.78, 5) is 2.33. The second-order valence-electron chi connectivity index (χ2n) is 4.33. The van der Waals surface area contributed by atoms with Gasteiger partial charge in [0.05, 0.1) is 19.4 Å². The highest BCUT2D eigenvalue weighted by atomic mass is 16.3. The molecule has 0 aromatic carbocycles. The molecule has 0 amide bonds. The van der Waals surface area contributed by atoms with Crippen LogP contribution in [0.5, 0.6) is 0 Å². The molecule has 1 saturated heterocycles. The molecule has 1 aliphatic heterocycles. The largest absolute Gasteiger partial charge is 0.468 e. The molecule has 1 aromatic rings. The lowest BCUT2D eigenvalue weighted by atomic mass is 10.0. The second-order valence-corrected chi connectivity index (χ2v) is 4.33. The van der Waals surface area contributed by atoms with Crippen LogP contribution < -0.4 is 0 Å². The third-order valence-corrected chi connectivity index (χ3v) is 3.27. The number of hydrogen-bond acceptors (Lipinski definition) is 3. The monoisotopic (exact) mass is 209 g/mol. The molecule has 0 spiro atoms. The lowest BCUT2D eigenvalue weighted by molar-refractivity contribution is 0.0781. The van der Waals surface area contributed by atoms with Gasteiger partial charge in [0.25, 0.3) is 0 Å². The van der Waals surface area contributed by atoms with Gasteiger partial charge in [-0.25, -0.2) is 0 Å². The number of aliphatic hydroxyl groups excluding tert-OH is 1. The van der Waals surface area contributed by atoms with Crippen LogP contribution in [-0.2, 0) is 6.54 Å². The van der Waals surface area contributed by atoms with Crippen molar-refractivity contribution in [3.8, 4) is 0 Å². The first-order chi connectivity index (χ1) is 7.31. The Hall–Kier alpha value is -0.800. The topological polar surface area (TPSA) is 36.6 Å². The Kier molecular flexibility index (Phi) is 3.44. The molecule has 15 heavy (non-hydrogen) atoms. The van der Waals surface area contributed by atoms with E-state index in [4.69, 9.17) is 4.42 Å². The second kappa shape index (κ2) is 4.81. The van der Waals surface area contributed by atoms with Gasteiger partial charge in [-0.3, -0.25) is 4.90 Å². The van der Waals surface area contributed by atoms with Crippen LogP contribution in [0, 0.1) is 6.92 Å². The van der Waals surface area contributed by atoms with Gasteiger partial charge >= 0.3 is 0 Å². The van der Waals surface area contributed by atoms with E-state index < -0.39 is 0 Å². The molecule has 2 rings (SSSR count). The number of aryl methyl sites for hydroxylation is 1. The van der Waals surface area contributed by atoms with Gasteiger partial charge in [-0.1, -0.05) is 6.42 Å². The Morgan fingerprint density at radius 1 is 1.53 bits per heavy atom. The van der Waals surface area contributed by atoms with Crippen molar-refractivity contribution in [1.29, 1.82) is 0 Å². The molecule has 3 nitrogen and oxygen atoms in total. The van der Waals surface area contributed by atoms with E-state index in [2.05, 4.69) is 11.8 Å². The summed E-state index contributed by atoms with van der Waals surface area (Å²) in [5, 5.41) is 9.29. The van der Waals surface area contributed by atoms with Gasteiger partial charge in [0.15, 0.2) is 0 Å². The zero-order valence-corrected chi connectivity index (χ0v) is 9.28. The minimum atomic E-state index is 0.264. The summed E-state index contributed by atoms with van der Waals surface area (Å²) in [6.45, 7) is 4.24. The fourth-order valence-corrected chi connectivity index (χ4v) is 2.23. The predicted molar refractivity (Wildman–Crippen MR) is 58.6 cm³/mol. The van der Waals surface area contributed by atoms with Crippen molar-refractivity contribution in [1.82, 2.24) is 4.90 Å². The molecule has 0 saturated carbocycles. The first kappa shape index (κ1) is 10.7. The Morgan fingerprint density at radius 3 is 3.07 bits per heavy atom. The molecular weight excluding hydrogens is 190 g/mol. The van der Waals surface area contributed by atoms with Crippen molar-refractivity contribution in [2.75, 3.05) is 13.2 Å². The Morgan fingerprint density at radius 2 is 2.40 bits per heavy atom. The van der Waals surface area contributed by atoms with E-state index in [1.807, 2.05) is 6.07 Å². The molecule has 1 aromatic heterocycles. The minimum Gasteiger partial charge on any atom is -0.468 e. The van der Waals surface area contributed by atoms with Gasteiger partial charge in [0, 0.05) is 6.04 Å². The van der Waals surface area contributed by atoms with Crippen LogP contribution in [0.1, 0.15) is 30.6 Å². The molecule has 1 fully saturated rings. The van der Waals surface area contributed by atoms with E-state index in [9.17, 15) is 5.11 Å². The zero-order valence-electron chi connectivity index (χ0n) is 9.28. The standard InChI is InChI=1S/C12H19NO2/c1-10-5-7-15-12(10)8-13-6-3-2-4-11(13)9-14/h5,7,11,14H,2-4,6,8-9H2,1H3. The van der Waals surface area contributed by atoms with Crippen molar-refractivity contribution in [3.05, 3.63) is 23.7 Å². The summed E-state index contributed by atoms with van der Waals surface area (Å²) in [6, 6.07) is 2.32. The zero-order chi connectivity index (χ0) is 10.7. The predicted octanol–water partition coefficient (Wildman–Crippen LogP) is 1.93. The highest BCUT2D eigenvalue weighted by molar-refractivity contribution is 5.14. The number of aliphatic hydroxyl groups is 1. The van der Waals surface area contributed by atoms with Gasteiger partial charge < -0.3 is 9.52 Å². The van der Waals surface area contributed by atoms with Crippen molar-refractivity contribution in [2.24, 2.45) is 0 Å². The maximum atomic E-state index is 9.29. The van der Waals surface area contributed by atoms with Crippen LogP contribution >= 0.6 is 0 Å². The normalized spacial score (nSPS) is 23.2. The average molecular weight is 209 g/mol. The van der Waals surface area contributed by atoms with Gasteiger partial charge in [0.1, 0.15) is 5.76 Å². The van der Waals surface area contributed by atoms with Crippen LogP contribution in [-0.4, -0.2) is 29.2 Å². The Balaban J connectivity index is 2.00. The summed E-state index contributed by atoms with van der Waals surface area (Å²) in [5.74, 6) is 1.04. The van der Waals surface area contributed by atoms with Crippen molar-refractivity contribution >= 4 is 0 Å². The minimum absolute atomic E-state index is 0.264. The van der Waals surface area contributed by atoms with Gasteiger partial charge in [-0.15, -0.1) is 0 Å². The number of piperidine rings is 1. The van der Waals surface area contributed by atoms with E-state index in [1.54, 1.807) is 6.26 Å². The maximum Gasteiger partial charge on any atom is 0.120 e. The number of likely N-dealkylation sites (tertiary alicyclic amines) is 1. The smallest absolute Gasteiger partial charge is 0.120 e. The van der Waals surface area contributed by atoms with Crippen molar-refractivity contribution in [3.63, 3.8) is 0 Å². The van der Waals surface area contributed by atoms with E-state index in [1.165, 1.54) is 18.4 Å². The van der Waals surface area contributed by atoms with Gasteiger partial charge in [-0.05, 0) is 37.9 Å². The molecular formula is C12H19NO2. The molecule has 2 heterocycles. The van der Waals surface area contributed by atoms with E-state index >= 15 is 0 Å². The van der Waals surface area contributed by atoms with E-state index in [-0.39, 0.29) is 6.61 Å². The van der Waals surface area contributed by atoms with Crippen LogP contribution in [0.25, 0.3) is 0 Å². The SMILES string of the molecule is Cc1ccoc1CN1CCCCC1CO. The average Bonchev–Trinajstić information content (AvgIpc) is 2.65. The summed E-state index contributed by atoms with van der Waals surface area (Å²) in [7, 11) is 0. The lowest BCUT2D eigenvalue weighted by Crippen LogP contribution is -2.41. The summed E-state index contributed by atoms with van der Waals surface area (Å²) in [5.41, 5.74) is 1.21.